The van der Waals surface area contributed by atoms with E-state index in [1.807, 2.05) is 0 Å². The molecule has 1 aliphatic rings. The maximum Gasteiger partial charge on any atom is 0.235 e. The molecule has 318 valence electrons. The number of hydrogen-bond acceptors (Lipinski definition) is 3. The number of aromatic nitrogens is 1. The Hall–Kier alpha value is -8.90. The zero-order valence-corrected chi connectivity index (χ0v) is 36.8. The normalized spacial score (nSPS) is 14.1. The van der Waals surface area contributed by atoms with Crippen molar-refractivity contribution in [3.63, 3.8) is 0 Å². The van der Waals surface area contributed by atoms with E-state index in [1.165, 1.54) is 59.8 Å². The first kappa shape index (κ1) is 38.4. The lowest BCUT2D eigenvalue weighted by Gasteiger charge is -2.20. The number of nitrogens with zero attached hydrogens (tertiary/aromatic N) is 3. The van der Waals surface area contributed by atoms with Gasteiger partial charge >= 0.3 is 0 Å². The first-order valence-electron chi connectivity index (χ1n) is 23.3. The minimum atomic E-state index is -0.263. The number of nitrogens with two attached hydrogens (primary N) is 1. The maximum atomic E-state index is 6.73. The third kappa shape index (κ3) is 6.14. The summed E-state index contributed by atoms with van der Waals surface area (Å²) < 4.78 is 9.18. The second kappa shape index (κ2) is 15.3. The van der Waals surface area contributed by atoms with Crippen molar-refractivity contribution in [2.45, 2.75) is 6.17 Å². The van der Waals surface area contributed by atoms with Crippen LogP contribution >= 0.6 is 0 Å². The predicted octanol–water partition coefficient (Wildman–Crippen LogP) is 14.9. The van der Waals surface area contributed by atoms with Crippen molar-refractivity contribution in [3.8, 4) is 27.9 Å². The quantitative estimate of drug-likeness (QED) is 0.178. The summed E-state index contributed by atoms with van der Waals surface area (Å²) in [6.07, 6.45) is -0.263. The van der Waals surface area contributed by atoms with Crippen molar-refractivity contribution in [1.29, 1.82) is 0 Å². The first-order valence-corrected chi connectivity index (χ1v) is 23.3. The Morgan fingerprint density at radius 3 is 1.88 bits per heavy atom. The number of aliphatic imine (C=N–C) groups is 2. The van der Waals surface area contributed by atoms with Crippen molar-refractivity contribution in [2.24, 2.45) is 9.98 Å². The molecule has 2 N–H and O–H groups in total. The topological polar surface area (TPSA) is 59.4 Å². The second-order valence-electron chi connectivity index (χ2n) is 17.8. The zero-order chi connectivity index (χ0) is 44.7. The van der Waals surface area contributed by atoms with Gasteiger partial charge in [-0.3, -0.25) is 5.32 Å². The van der Waals surface area contributed by atoms with Crippen LogP contribution in [-0.4, -0.2) is 16.2 Å². The van der Waals surface area contributed by atoms with Gasteiger partial charge in [-0.05, 0) is 109 Å². The largest absolute Gasteiger partial charge is 0.456 e. The fourth-order valence-electron chi connectivity index (χ4n) is 10.7. The smallest absolute Gasteiger partial charge is 0.235 e. The molecule has 0 aliphatic carbocycles. The average Bonchev–Trinajstić information content (AvgIpc) is 3.97. The summed E-state index contributed by atoms with van der Waals surface area (Å²) >= 11 is 0. The summed E-state index contributed by atoms with van der Waals surface area (Å²) in [6.45, 7) is 0. The Balaban J connectivity index is 0.991. The molecule has 3 heterocycles. The van der Waals surface area contributed by atoms with Crippen molar-refractivity contribution < 1.29 is 9.73 Å². The lowest BCUT2D eigenvalue weighted by atomic mass is 9.94. The third-order valence-electron chi connectivity index (χ3n) is 13.9. The Morgan fingerprint density at radius 2 is 1.06 bits per heavy atom. The molecule has 13 aromatic rings. The maximum absolute atomic E-state index is 6.73. The van der Waals surface area contributed by atoms with Gasteiger partial charge in [0.1, 0.15) is 11.2 Å². The molecule has 2 aromatic heterocycles. The summed E-state index contributed by atoms with van der Waals surface area (Å²) in [5.74, 6) is 1.56. The number of hydrogen-bond donors (Lipinski definition) is 1. The van der Waals surface area contributed by atoms with E-state index in [1.54, 1.807) is 0 Å². The highest BCUT2D eigenvalue weighted by atomic mass is 16.3. The molecule has 0 saturated carbocycles. The minimum absolute atomic E-state index is 0.263. The summed E-state index contributed by atoms with van der Waals surface area (Å²) in [5.41, 5.74) is 12.8. The van der Waals surface area contributed by atoms with E-state index in [-0.39, 0.29) is 6.17 Å². The van der Waals surface area contributed by atoms with Crippen LogP contribution in [0.25, 0.3) is 104 Å². The van der Waals surface area contributed by atoms with Crippen LogP contribution in [0.15, 0.2) is 245 Å². The molecule has 0 spiro atoms. The second-order valence-corrected chi connectivity index (χ2v) is 17.8. The van der Waals surface area contributed by atoms with Gasteiger partial charge in [0.2, 0.25) is 12.0 Å². The molecule has 1 atom stereocenters. The molecule has 68 heavy (non-hydrogen) atoms. The highest BCUT2D eigenvalue weighted by Crippen LogP contribution is 2.45. The molecule has 0 fully saturated rings. The van der Waals surface area contributed by atoms with Gasteiger partial charge in [0.15, 0.2) is 5.84 Å². The van der Waals surface area contributed by atoms with Gasteiger partial charge in [-0.1, -0.05) is 176 Å². The average molecular weight is 870 g/mol. The molecule has 0 bridgehead atoms. The molecule has 1 aliphatic heterocycles. The summed E-state index contributed by atoms with van der Waals surface area (Å²) in [7, 11) is 0. The standard InChI is InChI=1S/C63H40N4O/c1-3-14-39(15-4-1)41-26-29-44(30-27-41)61-64-62(46-31-28-40-16-7-8-20-45(40)36-46)66-63(65-61)51-24-13-25-57-58(51)53-37-47(33-35-56(53)68-57)67-54-34-32-43-19-9-10-21-48(43)59(54)60-50-23-12-11-22-49(50)52(38-55(60)67)42-17-5-2-6-18-42/h1-38,62H,(H,64,65,66)/p+1. The van der Waals surface area contributed by atoms with Gasteiger partial charge in [-0.25, -0.2) is 4.99 Å². The van der Waals surface area contributed by atoms with E-state index < -0.39 is 0 Å². The SMILES string of the molecule is c1ccc(-c2ccc(C3=NC(c4cccc5oc6ccc(-n7c8ccc9ccccc9c8c8c9ccccc9c(-c9ccccc9)cc87)cc6c45)=NC(c4ccc5ccccc5c4)[NH2+]3)cc2)cc1. The molecule has 14 rings (SSSR count). The highest BCUT2D eigenvalue weighted by Gasteiger charge is 2.28. The zero-order valence-electron chi connectivity index (χ0n) is 36.8. The highest BCUT2D eigenvalue weighted by molar-refractivity contribution is 6.30. The Morgan fingerprint density at radius 1 is 0.397 bits per heavy atom. The first-order chi connectivity index (χ1) is 33.7. The van der Waals surface area contributed by atoms with E-state index in [2.05, 4.69) is 240 Å². The van der Waals surface area contributed by atoms with Crippen LogP contribution in [0.3, 0.4) is 0 Å². The molecule has 5 nitrogen and oxygen atoms in total. The van der Waals surface area contributed by atoms with E-state index in [4.69, 9.17) is 14.4 Å². The number of furan rings is 1. The molecule has 5 heteroatoms. The summed E-state index contributed by atoms with van der Waals surface area (Å²) in [5, 5.41) is 14.0. The van der Waals surface area contributed by atoms with Crippen LogP contribution < -0.4 is 5.32 Å². The van der Waals surface area contributed by atoms with E-state index in [0.717, 1.165) is 66.7 Å². The Kier molecular flexibility index (Phi) is 8.66. The van der Waals surface area contributed by atoms with Crippen molar-refractivity contribution in [1.82, 2.24) is 4.57 Å². The van der Waals surface area contributed by atoms with Crippen LogP contribution in [0.1, 0.15) is 22.9 Å². The van der Waals surface area contributed by atoms with Gasteiger partial charge in [0.25, 0.3) is 0 Å². The van der Waals surface area contributed by atoms with Gasteiger partial charge in [0, 0.05) is 38.4 Å². The van der Waals surface area contributed by atoms with Gasteiger partial charge < -0.3 is 8.98 Å². The predicted molar refractivity (Wildman–Crippen MR) is 282 cm³/mol. The van der Waals surface area contributed by atoms with Crippen molar-refractivity contribution >= 4 is 87.7 Å². The molecule has 11 aromatic carbocycles. The van der Waals surface area contributed by atoms with Crippen LogP contribution in [0.2, 0.25) is 0 Å². The van der Waals surface area contributed by atoms with Gasteiger partial charge in [-0.2, -0.15) is 4.99 Å². The molecule has 1 unspecified atom stereocenters. The van der Waals surface area contributed by atoms with Gasteiger partial charge in [-0.15, -0.1) is 0 Å². The fraction of sp³-hybridized carbons (Fsp3) is 0.0159. The minimum Gasteiger partial charge on any atom is -0.456 e. The van der Waals surface area contributed by atoms with Crippen LogP contribution in [-0.2, 0) is 0 Å². The number of amidine groups is 2. The number of quaternary nitrogens is 1. The van der Waals surface area contributed by atoms with Gasteiger partial charge in [0.05, 0.1) is 16.6 Å². The Bertz CT molecular complexity index is 4220. The summed E-state index contributed by atoms with van der Waals surface area (Å²) in [6, 6.07) is 82.7. The summed E-state index contributed by atoms with van der Waals surface area (Å²) in [4.78, 5) is 10.9. The van der Waals surface area contributed by atoms with Crippen molar-refractivity contribution in [3.05, 3.63) is 247 Å². The monoisotopic (exact) mass is 869 g/mol. The van der Waals surface area contributed by atoms with E-state index >= 15 is 0 Å². The number of fused-ring (bicyclic) bond motifs is 11. The lowest BCUT2D eigenvalue weighted by Crippen LogP contribution is -2.90. The molecule has 0 amide bonds. The molecular formula is C63H41N4O+. The van der Waals surface area contributed by atoms with E-state index in [9.17, 15) is 0 Å². The molecule has 0 saturated heterocycles. The molecular weight excluding hydrogens is 829 g/mol. The lowest BCUT2D eigenvalue weighted by molar-refractivity contribution is -0.586. The van der Waals surface area contributed by atoms with Crippen LogP contribution in [0.4, 0.5) is 0 Å². The van der Waals surface area contributed by atoms with E-state index in [0.29, 0.717) is 5.84 Å². The fourth-order valence-corrected chi connectivity index (χ4v) is 10.7. The van der Waals surface area contributed by atoms with Crippen molar-refractivity contribution in [2.75, 3.05) is 0 Å². The number of rotatable bonds is 6. The Labute approximate surface area is 391 Å². The third-order valence-corrected chi connectivity index (χ3v) is 13.9. The number of benzene rings is 11. The molecule has 0 radical (unpaired) electrons. The van der Waals surface area contributed by atoms with Crippen LogP contribution in [0, 0.1) is 0 Å². The van der Waals surface area contributed by atoms with Crippen LogP contribution in [0.5, 0.6) is 0 Å².